The van der Waals surface area contributed by atoms with Gasteiger partial charge in [0.15, 0.2) is 5.78 Å². The van der Waals surface area contributed by atoms with Crippen LogP contribution in [0.3, 0.4) is 0 Å². The summed E-state index contributed by atoms with van der Waals surface area (Å²) >= 11 is 0. The molecule has 2 aliphatic rings. The zero-order valence-electron chi connectivity index (χ0n) is 12.7. The molecule has 1 aromatic carbocycles. The van der Waals surface area contributed by atoms with Gasteiger partial charge in [-0.15, -0.1) is 0 Å². The molecule has 3 heterocycles. The highest BCUT2D eigenvalue weighted by atomic mass is 32.2. The molecule has 2 atom stereocenters. The van der Waals surface area contributed by atoms with Crippen molar-refractivity contribution in [3.05, 3.63) is 30.0 Å². The van der Waals surface area contributed by atoms with Crippen LogP contribution in [0.2, 0.25) is 0 Å². The van der Waals surface area contributed by atoms with Gasteiger partial charge < -0.3 is 0 Å². The van der Waals surface area contributed by atoms with Crippen LogP contribution in [0.5, 0.6) is 0 Å². The average Bonchev–Trinajstić information content (AvgIpc) is 2.87. The second kappa shape index (κ2) is 5.30. The Morgan fingerprint density at radius 2 is 2.00 bits per heavy atom. The molecule has 22 heavy (non-hydrogen) atoms. The normalized spacial score (nSPS) is 31.3. The Hall–Kier alpha value is -1.49. The van der Waals surface area contributed by atoms with Crippen LogP contribution in [0.1, 0.15) is 42.5 Å². The number of carbonyl (C=O) groups is 1. The Balaban J connectivity index is 1.63. The van der Waals surface area contributed by atoms with E-state index in [-0.39, 0.29) is 22.2 Å². The largest absolute Gasteiger partial charge is 0.294 e. The molecule has 1 aromatic heterocycles. The number of hydrogen-bond acceptors (Lipinski definition) is 3. The van der Waals surface area contributed by atoms with Crippen molar-refractivity contribution in [1.82, 2.24) is 9.78 Å². The van der Waals surface area contributed by atoms with Crippen molar-refractivity contribution >= 4 is 27.5 Å². The van der Waals surface area contributed by atoms with Gasteiger partial charge in [0, 0.05) is 45.2 Å². The van der Waals surface area contributed by atoms with Crippen molar-refractivity contribution < 1.29 is 9.00 Å². The van der Waals surface area contributed by atoms with Crippen molar-refractivity contribution in [3.8, 4) is 0 Å². The van der Waals surface area contributed by atoms with E-state index in [1.165, 1.54) is 6.42 Å². The van der Waals surface area contributed by atoms with Gasteiger partial charge in [-0.05, 0) is 31.7 Å². The summed E-state index contributed by atoms with van der Waals surface area (Å²) in [4.78, 5) is 12.9. The van der Waals surface area contributed by atoms with Crippen molar-refractivity contribution in [2.45, 2.75) is 42.6 Å². The third-order valence-electron chi connectivity index (χ3n) is 5.21. The Morgan fingerprint density at radius 3 is 2.73 bits per heavy atom. The molecule has 0 N–H and O–H groups in total. The molecule has 4 rings (SSSR count). The fraction of sp³-hybridized carbons (Fsp3) is 0.529. The molecule has 2 bridgehead atoms. The lowest BCUT2D eigenvalue weighted by molar-refractivity contribution is 0.0895. The van der Waals surface area contributed by atoms with Crippen LogP contribution in [-0.2, 0) is 17.8 Å². The molecule has 0 radical (unpaired) electrons. The molecule has 4 nitrogen and oxygen atoms in total. The average molecular weight is 316 g/mol. The number of benzene rings is 1. The number of carbonyl (C=O) groups excluding carboxylic acids is 1. The van der Waals surface area contributed by atoms with Crippen LogP contribution in [0.25, 0.3) is 10.9 Å². The van der Waals surface area contributed by atoms with E-state index in [0.29, 0.717) is 0 Å². The van der Waals surface area contributed by atoms with Gasteiger partial charge in [0.1, 0.15) is 0 Å². The summed E-state index contributed by atoms with van der Waals surface area (Å²) in [7, 11) is 1.18. The highest BCUT2D eigenvalue weighted by Crippen LogP contribution is 2.38. The van der Waals surface area contributed by atoms with Gasteiger partial charge in [-0.3, -0.25) is 13.7 Å². The summed E-state index contributed by atoms with van der Waals surface area (Å²) in [6, 6.07) is 5.83. The van der Waals surface area contributed by atoms with Crippen LogP contribution < -0.4 is 0 Å². The summed E-state index contributed by atoms with van der Waals surface area (Å²) in [5, 5.41) is 5.76. The first-order chi connectivity index (χ1) is 10.6. The summed E-state index contributed by atoms with van der Waals surface area (Å²) in [5.41, 5.74) is 1.76. The minimum absolute atomic E-state index is 0.0404. The smallest absolute Gasteiger partial charge is 0.166 e. The molecule has 0 spiro atoms. The maximum Gasteiger partial charge on any atom is 0.166 e. The van der Waals surface area contributed by atoms with E-state index in [1.807, 2.05) is 31.4 Å². The number of Topliss-reactive ketones (excluding diaryl/α,β-unsaturated/α-hetero) is 1. The van der Waals surface area contributed by atoms with E-state index < -0.39 is 10.8 Å². The number of hydrogen-bond donors (Lipinski definition) is 0. The third kappa shape index (κ3) is 2.22. The number of aromatic nitrogens is 2. The Bertz CT molecular complexity index is 751. The monoisotopic (exact) mass is 316 g/mol. The molecular formula is C17H20N2O2S. The first-order valence-corrected chi connectivity index (χ1v) is 9.26. The minimum Gasteiger partial charge on any atom is -0.294 e. The van der Waals surface area contributed by atoms with Crippen LogP contribution in [0.15, 0.2) is 24.4 Å². The lowest BCUT2D eigenvalue weighted by Gasteiger charge is -2.37. The first kappa shape index (κ1) is 14.1. The standard InChI is InChI=1S/C17H20N2O2S/c1-19-16-9-11(5-6-12(16)10-18-19)17(20)13-7-14-3-2-4-15(8-13)22(14)21/h5-6,9-10,13-15H,2-4,7-8H2,1H3. The molecule has 2 unspecified atom stereocenters. The molecule has 0 aliphatic carbocycles. The Morgan fingerprint density at radius 1 is 1.27 bits per heavy atom. The fourth-order valence-corrected chi connectivity index (χ4v) is 6.17. The maximum absolute atomic E-state index is 12.9. The topological polar surface area (TPSA) is 52.0 Å². The maximum atomic E-state index is 12.9. The quantitative estimate of drug-likeness (QED) is 0.801. The van der Waals surface area contributed by atoms with E-state index in [0.717, 1.165) is 42.1 Å². The molecule has 2 aliphatic heterocycles. The molecule has 0 saturated carbocycles. The molecular weight excluding hydrogens is 296 g/mol. The summed E-state index contributed by atoms with van der Waals surface area (Å²) in [6.45, 7) is 0. The van der Waals surface area contributed by atoms with Gasteiger partial charge in [-0.2, -0.15) is 5.10 Å². The zero-order valence-corrected chi connectivity index (χ0v) is 13.5. The first-order valence-electron chi connectivity index (χ1n) is 7.99. The molecule has 2 fully saturated rings. The summed E-state index contributed by atoms with van der Waals surface area (Å²) in [5.74, 6) is 0.260. The van der Waals surface area contributed by atoms with Crippen molar-refractivity contribution in [1.29, 1.82) is 0 Å². The predicted octanol–water partition coefficient (Wildman–Crippen LogP) is 2.84. The number of ketones is 1. The second-order valence-corrected chi connectivity index (χ2v) is 8.57. The third-order valence-corrected chi connectivity index (χ3v) is 7.38. The Labute approximate surface area is 132 Å². The molecule has 116 valence electrons. The van der Waals surface area contributed by atoms with Crippen LogP contribution >= 0.6 is 0 Å². The zero-order chi connectivity index (χ0) is 15.3. The molecule has 5 heteroatoms. The SMILES string of the molecule is Cn1ncc2ccc(C(=O)C3CC4CCCC(C3)S4=O)cc21. The number of rotatable bonds is 2. The van der Waals surface area contributed by atoms with Gasteiger partial charge in [0.25, 0.3) is 0 Å². The van der Waals surface area contributed by atoms with E-state index in [4.69, 9.17) is 0 Å². The summed E-state index contributed by atoms with van der Waals surface area (Å²) in [6.07, 6.45) is 6.62. The predicted molar refractivity (Wildman–Crippen MR) is 87.3 cm³/mol. The van der Waals surface area contributed by atoms with Gasteiger partial charge in [0.05, 0.1) is 11.7 Å². The van der Waals surface area contributed by atoms with E-state index >= 15 is 0 Å². The van der Waals surface area contributed by atoms with Crippen molar-refractivity contribution in [3.63, 3.8) is 0 Å². The molecule has 2 aromatic rings. The van der Waals surface area contributed by atoms with E-state index in [1.54, 1.807) is 4.68 Å². The fourth-order valence-electron chi connectivity index (χ4n) is 3.98. The lowest BCUT2D eigenvalue weighted by Crippen LogP contribution is -2.41. The van der Waals surface area contributed by atoms with E-state index in [2.05, 4.69) is 5.10 Å². The number of aryl methyl sites for hydroxylation is 1. The van der Waals surface area contributed by atoms with Gasteiger partial charge >= 0.3 is 0 Å². The van der Waals surface area contributed by atoms with Gasteiger partial charge in [-0.25, -0.2) is 0 Å². The van der Waals surface area contributed by atoms with Crippen molar-refractivity contribution in [2.24, 2.45) is 13.0 Å². The van der Waals surface area contributed by atoms with Crippen LogP contribution in [-0.4, -0.2) is 30.3 Å². The van der Waals surface area contributed by atoms with E-state index in [9.17, 15) is 9.00 Å². The number of fused-ring (bicyclic) bond motifs is 3. The van der Waals surface area contributed by atoms with Crippen molar-refractivity contribution in [2.75, 3.05) is 0 Å². The number of nitrogens with zero attached hydrogens (tertiary/aromatic N) is 2. The lowest BCUT2D eigenvalue weighted by atomic mass is 9.84. The molecule has 0 amide bonds. The van der Waals surface area contributed by atoms with Gasteiger partial charge in [-0.1, -0.05) is 18.6 Å². The van der Waals surface area contributed by atoms with Crippen LogP contribution in [0.4, 0.5) is 0 Å². The molecule has 2 saturated heterocycles. The van der Waals surface area contributed by atoms with Gasteiger partial charge in [0.2, 0.25) is 0 Å². The highest BCUT2D eigenvalue weighted by Gasteiger charge is 2.40. The van der Waals surface area contributed by atoms with Crippen LogP contribution in [0, 0.1) is 5.92 Å². The second-order valence-electron chi connectivity index (χ2n) is 6.58. The Kier molecular flexibility index (Phi) is 3.40. The summed E-state index contributed by atoms with van der Waals surface area (Å²) < 4.78 is 14.1. The highest BCUT2D eigenvalue weighted by molar-refractivity contribution is 7.86. The minimum atomic E-state index is -0.715.